The van der Waals surface area contributed by atoms with Crippen molar-refractivity contribution < 1.29 is 44.1 Å². The zero-order chi connectivity index (χ0) is 22.8. The molecule has 6 atom stereocenters. The standard InChI is InChI=1S/C23H28O9/c1-28-13-5-3-12(4-6-13)16-8-7-15-17(30-16)9-14(29-2)10-18(15)31-23-22(27)21(26)20(25)19(11-24)32-23/h3-6,9-10,16,19-27H,7-8,11H2,1-2H3/t16-,19?,20+,21-,22?,23+/m0/s1. The van der Waals surface area contributed by atoms with Crippen LogP contribution in [-0.4, -0.2) is 72.0 Å². The van der Waals surface area contributed by atoms with Gasteiger partial charge in [-0.25, -0.2) is 0 Å². The maximum absolute atomic E-state index is 10.3. The number of ether oxygens (including phenoxy) is 5. The van der Waals surface area contributed by atoms with Crippen LogP contribution in [0.1, 0.15) is 23.7 Å². The van der Waals surface area contributed by atoms with Crippen LogP contribution >= 0.6 is 0 Å². The van der Waals surface area contributed by atoms with Gasteiger partial charge in [-0.2, -0.15) is 0 Å². The number of aliphatic hydroxyl groups excluding tert-OH is 4. The molecule has 2 aliphatic rings. The molecule has 2 heterocycles. The average Bonchev–Trinajstić information content (AvgIpc) is 2.83. The van der Waals surface area contributed by atoms with E-state index in [-0.39, 0.29) is 6.10 Å². The summed E-state index contributed by atoms with van der Waals surface area (Å²) in [6, 6.07) is 11.1. The van der Waals surface area contributed by atoms with Crippen molar-refractivity contribution in [2.24, 2.45) is 0 Å². The molecule has 0 spiro atoms. The number of hydrogen-bond donors (Lipinski definition) is 4. The highest BCUT2D eigenvalue weighted by Crippen LogP contribution is 2.43. The summed E-state index contributed by atoms with van der Waals surface area (Å²) in [4.78, 5) is 0. The molecule has 4 N–H and O–H groups in total. The number of hydrogen-bond acceptors (Lipinski definition) is 9. The zero-order valence-electron chi connectivity index (χ0n) is 17.9. The lowest BCUT2D eigenvalue weighted by Gasteiger charge is -2.40. The first-order valence-electron chi connectivity index (χ1n) is 10.4. The molecule has 2 aromatic rings. The number of aliphatic hydroxyl groups is 4. The van der Waals surface area contributed by atoms with Crippen LogP contribution in [0.25, 0.3) is 0 Å². The average molecular weight is 448 g/mol. The molecule has 0 bridgehead atoms. The molecule has 0 amide bonds. The zero-order valence-corrected chi connectivity index (χ0v) is 17.9. The Morgan fingerprint density at radius 3 is 2.31 bits per heavy atom. The van der Waals surface area contributed by atoms with Gasteiger partial charge in [0.15, 0.2) is 0 Å². The van der Waals surface area contributed by atoms with Crippen LogP contribution < -0.4 is 18.9 Å². The quantitative estimate of drug-likeness (QED) is 0.511. The Bertz CT molecular complexity index is 914. The van der Waals surface area contributed by atoms with Gasteiger partial charge >= 0.3 is 0 Å². The van der Waals surface area contributed by atoms with Gasteiger partial charge in [-0.3, -0.25) is 0 Å². The Labute approximate surface area is 185 Å². The molecule has 2 aliphatic heterocycles. The van der Waals surface area contributed by atoms with Crippen molar-refractivity contribution in [2.45, 2.75) is 49.7 Å². The summed E-state index contributed by atoms with van der Waals surface area (Å²) in [7, 11) is 3.13. The van der Waals surface area contributed by atoms with E-state index in [9.17, 15) is 20.4 Å². The van der Waals surface area contributed by atoms with E-state index in [1.165, 1.54) is 7.11 Å². The molecule has 4 rings (SSSR count). The van der Waals surface area contributed by atoms with Crippen LogP contribution in [0.5, 0.6) is 23.0 Å². The third-order valence-electron chi connectivity index (χ3n) is 5.88. The molecule has 0 aromatic heterocycles. The van der Waals surface area contributed by atoms with Gasteiger partial charge in [-0.05, 0) is 30.5 Å². The van der Waals surface area contributed by atoms with Crippen LogP contribution in [0.4, 0.5) is 0 Å². The fourth-order valence-corrected chi connectivity index (χ4v) is 4.00. The molecular formula is C23H28O9. The molecule has 32 heavy (non-hydrogen) atoms. The minimum Gasteiger partial charge on any atom is -0.497 e. The molecule has 0 saturated carbocycles. The molecular weight excluding hydrogens is 420 g/mol. The topological polar surface area (TPSA) is 127 Å². The van der Waals surface area contributed by atoms with E-state index in [1.54, 1.807) is 19.2 Å². The van der Waals surface area contributed by atoms with Gasteiger partial charge in [0.05, 0.1) is 20.8 Å². The minimum atomic E-state index is -1.52. The van der Waals surface area contributed by atoms with Crippen molar-refractivity contribution in [3.05, 3.63) is 47.5 Å². The van der Waals surface area contributed by atoms with Crippen LogP contribution in [0.2, 0.25) is 0 Å². The summed E-state index contributed by atoms with van der Waals surface area (Å²) in [5.74, 6) is 2.20. The van der Waals surface area contributed by atoms with Crippen molar-refractivity contribution in [3.8, 4) is 23.0 Å². The third kappa shape index (κ3) is 4.35. The second-order valence-corrected chi connectivity index (χ2v) is 7.84. The predicted octanol–water partition coefficient (Wildman–Crippen LogP) is 0.949. The van der Waals surface area contributed by atoms with Crippen molar-refractivity contribution >= 4 is 0 Å². The number of methoxy groups -OCH3 is 2. The summed E-state index contributed by atoms with van der Waals surface area (Å²) >= 11 is 0. The SMILES string of the molecule is COc1ccc([C@@H]2CCc3c(O[C@@H]4OC(CO)[C@@H](O)[C@H](O)C4O)cc(OC)cc3O2)cc1. The maximum atomic E-state index is 10.3. The molecule has 2 unspecified atom stereocenters. The monoisotopic (exact) mass is 448 g/mol. The van der Waals surface area contributed by atoms with Crippen molar-refractivity contribution in [2.75, 3.05) is 20.8 Å². The van der Waals surface area contributed by atoms with E-state index < -0.39 is 37.3 Å². The summed E-state index contributed by atoms with van der Waals surface area (Å²) in [6.07, 6.45) is -5.69. The first kappa shape index (κ1) is 22.6. The van der Waals surface area contributed by atoms with E-state index in [4.69, 9.17) is 23.7 Å². The summed E-state index contributed by atoms with van der Waals surface area (Å²) in [6.45, 7) is -0.534. The second kappa shape index (κ2) is 9.51. The first-order valence-corrected chi connectivity index (χ1v) is 10.4. The molecule has 0 aliphatic carbocycles. The highest BCUT2D eigenvalue weighted by atomic mass is 16.7. The molecule has 1 fully saturated rings. The van der Waals surface area contributed by atoms with E-state index in [1.807, 2.05) is 24.3 Å². The maximum Gasteiger partial charge on any atom is 0.229 e. The van der Waals surface area contributed by atoms with Crippen molar-refractivity contribution in [1.29, 1.82) is 0 Å². The van der Waals surface area contributed by atoms with Gasteiger partial charge < -0.3 is 44.1 Å². The Morgan fingerprint density at radius 1 is 0.938 bits per heavy atom. The van der Waals surface area contributed by atoms with Gasteiger partial charge in [0.25, 0.3) is 0 Å². The Kier molecular flexibility index (Phi) is 6.73. The largest absolute Gasteiger partial charge is 0.497 e. The van der Waals surface area contributed by atoms with Crippen LogP contribution in [-0.2, 0) is 11.2 Å². The highest BCUT2D eigenvalue weighted by Gasteiger charge is 2.45. The van der Waals surface area contributed by atoms with Crippen LogP contribution in [0.15, 0.2) is 36.4 Å². The van der Waals surface area contributed by atoms with Crippen molar-refractivity contribution in [3.63, 3.8) is 0 Å². The lowest BCUT2D eigenvalue weighted by atomic mass is 9.96. The molecule has 2 aromatic carbocycles. The van der Waals surface area contributed by atoms with Gasteiger partial charge in [-0.15, -0.1) is 0 Å². The fourth-order valence-electron chi connectivity index (χ4n) is 4.00. The number of fused-ring (bicyclic) bond motifs is 1. The summed E-state index contributed by atoms with van der Waals surface area (Å²) in [5.41, 5.74) is 1.78. The summed E-state index contributed by atoms with van der Waals surface area (Å²) in [5, 5.41) is 39.8. The third-order valence-corrected chi connectivity index (χ3v) is 5.88. The van der Waals surface area contributed by atoms with E-state index in [0.29, 0.717) is 30.1 Å². The van der Waals surface area contributed by atoms with E-state index >= 15 is 0 Å². The Morgan fingerprint density at radius 2 is 1.66 bits per heavy atom. The normalized spacial score (nSPS) is 29.6. The van der Waals surface area contributed by atoms with Crippen molar-refractivity contribution in [1.82, 2.24) is 0 Å². The van der Waals surface area contributed by atoms with Gasteiger partial charge in [0.1, 0.15) is 53.5 Å². The van der Waals surface area contributed by atoms with Crippen LogP contribution in [0.3, 0.4) is 0 Å². The molecule has 0 radical (unpaired) electrons. The minimum absolute atomic E-state index is 0.166. The molecule has 9 nitrogen and oxygen atoms in total. The predicted molar refractivity (Wildman–Crippen MR) is 112 cm³/mol. The first-order chi connectivity index (χ1) is 15.4. The van der Waals surface area contributed by atoms with Gasteiger partial charge in [0, 0.05) is 17.7 Å². The lowest BCUT2D eigenvalue weighted by molar-refractivity contribution is -0.277. The smallest absolute Gasteiger partial charge is 0.229 e. The Balaban J connectivity index is 1.58. The van der Waals surface area contributed by atoms with E-state index in [2.05, 4.69) is 0 Å². The second-order valence-electron chi connectivity index (χ2n) is 7.84. The van der Waals surface area contributed by atoms with Gasteiger partial charge in [0.2, 0.25) is 6.29 Å². The molecule has 9 heteroatoms. The van der Waals surface area contributed by atoms with Crippen LogP contribution in [0, 0.1) is 0 Å². The Hall–Kier alpha value is -2.56. The van der Waals surface area contributed by atoms with E-state index in [0.717, 1.165) is 16.9 Å². The highest BCUT2D eigenvalue weighted by molar-refractivity contribution is 5.52. The lowest BCUT2D eigenvalue weighted by Crippen LogP contribution is -2.60. The van der Waals surface area contributed by atoms with Gasteiger partial charge in [-0.1, -0.05) is 12.1 Å². The molecule has 174 valence electrons. The fraction of sp³-hybridized carbons (Fsp3) is 0.478. The number of rotatable bonds is 6. The number of benzene rings is 2. The molecule has 1 saturated heterocycles. The summed E-state index contributed by atoms with van der Waals surface area (Å²) < 4.78 is 28.2.